The van der Waals surface area contributed by atoms with Gasteiger partial charge in [-0.05, 0) is 26.0 Å². The second-order valence-corrected chi connectivity index (χ2v) is 8.63. The van der Waals surface area contributed by atoms with E-state index < -0.39 is 0 Å². The maximum absolute atomic E-state index is 12.3. The molecule has 0 saturated heterocycles. The van der Waals surface area contributed by atoms with Gasteiger partial charge in [0.15, 0.2) is 16.1 Å². The fourth-order valence-electron chi connectivity index (χ4n) is 2.76. The van der Waals surface area contributed by atoms with Crippen LogP contribution in [0.3, 0.4) is 0 Å². The van der Waals surface area contributed by atoms with Crippen LogP contribution in [0.25, 0.3) is 17.1 Å². The third-order valence-electron chi connectivity index (χ3n) is 4.16. The normalized spacial score (nSPS) is 10.8. The van der Waals surface area contributed by atoms with Crippen molar-refractivity contribution in [1.29, 1.82) is 0 Å². The third kappa shape index (κ3) is 4.55. The van der Waals surface area contributed by atoms with Crippen LogP contribution in [-0.2, 0) is 4.79 Å². The van der Waals surface area contributed by atoms with Gasteiger partial charge < -0.3 is 5.32 Å². The molecule has 29 heavy (non-hydrogen) atoms. The van der Waals surface area contributed by atoms with E-state index in [9.17, 15) is 4.79 Å². The number of aryl methyl sites for hydroxylation is 2. The zero-order valence-electron chi connectivity index (χ0n) is 16.0. The minimum atomic E-state index is -0.121. The van der Waals surface area contributed by atoms with E-state index in [0.29, 0.717) is 10.3 Å². The molecule has 0 saturated carbocycles. The van der Waals surface area contributed by atoms with Crippen molar-refractivity contribution in [2.75, 3.05) is 11.1 Å². The lowest BCUT2D eigenvalue weighted by molar-refractivity contribution is -0.113. The lowest BCUT2D eigenvalue weighted by Crippen LogP contribution is -2.14. The molecular formula is C21H19N5OS2. The first kappa shape index (κ1) is 19.4. The highest BCUT2D eigenvalue weighted by atomic mass is 32.2. The quantitative estimate of drug-likeness (QED) is 0.455. The van der Waals surface area contributed by atoms with Crippen LogP contribution in [0.15, 0.2) is 66.0 Å². The van der Waals surface area contributed by atoms with Crippen LogP contribution in [0.4, 0.5) is 5.13 Å². The molecule has 6 nitrogen and oxygen atoms in total. The smallest absolute Gasteiger partial charge is 0.236 e. The summed E-state index contributed by atoms with van der Waals surface area (Å²) < 4.78 is 1.98. The zero-order valence-corrected chi connectivity index (χ0v) is 17.6. The average molecular weight is 422 g/mol. The van der Waals surface area contributed by atoms with E-state index in [0.717, 1.165) is 22.0 Å². The molecule has 0 radical (unpaired) electrons. The average Bonchev–Trinajstić information content (AvgIpc) is 3.33. The first-order valence-corrected chi connectivity index (χ1v) is 10.8. The number of rotatable bonds is 6. The van der Waals surface area contributed by atoms with Crippen molar-refractivity contribution < 1.29 is 4.79 Å². The van der Waals surface area contributed by atoms with Crippen molar-refractivity contribution in [3.63, 3.8) is 0 Å². The van der Waals surface area contributed by atoms with Crippen LogP contribution in [0.5, 0.6) is 0 Å². The summed E-state index contributed by atoms with van der Waals surface area (Å²) in [6.45, 7) is 4.01. The van der Waals surface area contributed by atoms with Crippen LogP contribution in [-0.4, -0.2) is 31.4 Å². The maximum Gasteiger partial charge on any atom is 0.236 e. The van der Waals surface area contributed by atoms with Gasteiger partial charge in [0.1, 0.15) is 0 Å². The SMILES string of the molecule is Cc1ccc(-c2nnc(SCC(=O)Nc3ncc(C)s3)n2-c2ccccc2)cc1. The van der Waals surface area contributed by atoms with Gasteiger partial charge in [0.05, 0.1) is 5.75 Å². The van der Waals surface area contributed by atoms with Crippen molar-refractivity contribution in [1.82, 2.24) is 19.7 Å². The Labute approximate surface area is 177 Å². The summed E-state index contributed by atoms with van der Waals surface area (Å²) in [5, 5.41) is 12.9. The Hall–Kier alpha value is -2.97. The lowest BCUT2D eigenvalue weighted by Gasteiger charge is -2.10. The fourth-order valence-corrected chi connectivity index (χ4v) is 4.19. The van der Waals surface area contributed by atoms with Gasteiger partial charge in [-0.2, -0.15) is 0 Å². The molecule has 4 aromatic rings. The summed E-state index contributed by atoms with van der Waals surface area (Å²) in [7, 11) is 0. The highest BCUT2D eigenvalue weighted by Crippen LogP contribution is 2.28. The molecule has 0 aliphatic carbocycles. The number of anilines is 1. The number of carbonyl (C=O) groups excluding carboxylic acids is 1. The van der Waals surface area contributed by atoms with Crippen molar-refractivity contribution in [3.8, 4) is 17.1 Å². The Bertz CT molecular complexity index is 1120. The van der Waals surface area contributed by atoms with Gasteiger partial charge in [-0.3, -0.25) is 9.36 Å². The molecule has 0 unspecified atom stereocenters. The number of nitrogens with zero attached hydrogens (tertiary/aromatic N) is 4. The summed E-state index contributed by atoms with van der Waals surface area (Å²) in [4.78, 5) is 17.6. The van der Waals surface area contributed by atoms with Crippen LogP contribution in [0.2, 0.25) is 0 Å². The van der Waals surface area contributed by atoms with Gasteiger partial charge in [-0.25, -0.2) is 4.98 Å². The fraction of sp³-hybridized carbons (Fsp3) is 0.143. The molecular weight excluding hydrogens is 402 g/mol. The summed E-state index contributed by atoms with van der Waals surface area (Å²) in [6.07, 6.45) is 1.74. The second-order valence-electron chi connectivity index (χ2n) is 6.46. The predicted molar refractivity (Wildman–Crippen MR) is 118 cm³/mol. The van der Waals surface area contributed by atoms with E-state index in [1.165, 1.54) is 28.7 Å². The number of amides is 1. The number of thiazole rings is 1. The predicted octanol–water partition coefficient (Wildman–Crippen LogP) is 4.74. The molecule has 146 valence electrons. The van der Waals surface area contributed by atoms with Gasteiger partial charge in [-0.1, -0.05) is 59.8 Å². The van der Waals surface area contributed by atoms with Gasteiger partial charge in [0.2, 0.25) is 5.91 Å². The van der Waals surface area contributed by atoms with E-state index in [1.807, 2.05) is 54.0 Å². The Morgan fingerprint density at radius 3 is 2.52 bits per heavy atom. The molecule has 0 aliphatic heterocycles. The molecule has 2 heterocycles. The third-order valence-corrected chi connectivity index (χ3v) is 5.91. The van der Waals surface area contributed by atoms with E-state index in [-0.39, 0.29) is 11.7 Å². The summed E-state index contributed by atoms with van der Waals surface area (Å²) >= 11 is 2.80. The molecule has 1 amide bonds. The molecule has 0 fully saturated rings. The maximum atomic E-state index is 12.3. The number of nitrogens with one attached hydrogen (secondary N) is 1. The number of hydrogen-bond donors (Lipinski definition) is 1. The Kier molecular flexibility index (Phi) is 5.73. The number of para-hydroxylation sites is 1. The monoisotopic (exact) mass is 421 g/mol. The first-order valence-electron chi connectivity index (χ1n) is 9.03. The van der Waals surface area contributed by atoms with Gasteiger partial charge in [-0.15, -0.1) is 21.5 Å². The minimum Gasteiger partial charge on any atom is -0.301 e. The van der Waals surface area contributed by atoms with Crippen LogP contribution in [0, 0.1) is 13.8 Å². The molecule has 2 aromatic heterocycles. The second kappa shape index (κ2) is 8.59. The van der Waals surface area contributed by atoms with Crippen LogP contribution in [0.1, 0.15) is 10.4 Å². The number of thioether (sulfide) groups is 1. The minimum absolute atomic E-state index is 0.121. The molecule has 2 aromatic carbocycles. The van der Waals surface area contributed by atoms with Crippen molar-refractivity contribution in [2.24, 2.45) is 0 Å². The Morgan fingerprint density at radius 2 is 1.83 bits per heavy atom. The number of benzene rings is 2. The van der Waals surface area contributed by atoms with Crippen LogP contribution < -0.4 is 5.32 Å². The molecule has 8 heteroatoms. The lowest BCUT2D eigenvalue weighted by atomic mass is 10.1. The molecule has 0 aliphatic rings. The largest absolute Gasteiger partial charge is 0.301 e. The standard InChI is InChI=1S/C21H19N5OS2/c1-14-8-10-16(11-9-14)19-24-25-21(26(19)17-6-4-3-5-7-17)28-13-18(27)23-20-22-12-15(2)29-20/h3-12H,13H2,1-2H3,(H,22,23,27). The summed E-state index contributed by atoms with van der Waals surface area (Å²) in [5.41, 5.74) is 3.11. The van der Waals surface area contributed by atoms with E-state index in [4.69, 9.17) is 0 Å². The van der Waals surface area contributed by atoms with Crippen molar-refractivity contribution in [2.45, 2.75) is 19.0 Å². The van der Waals surface area contributed by atoms with Gasteiger partial charge in [0.25, 0.3) is 0 Å². The first-order chi connectivity index (χ1) is 14.1. The van der Waals surface area contributed by atoms with Gasteiger partial charge in [0, 0.05) is 22.3 Å². The van der Waals surface area contributed by atoms with E-state index in [2.05, 4.69) is 39.6 Å². The van der Waals surface area contributed by atoms with E-state index >= 15 is 0 Å². The Balaban J connectivity index is 1.59. The van der Waals surface area contributed by atoms with Gasteiger partial charge >= 0.3 is 0 Å². The number of hydrogen-bond acceptors (Lipinski definition) is 6. The highest BCUT2D eigenvalue weighted by Gasteiger charge is 2.17. The highest BCUT2D eigenvalue weighted by molar-refractivity contribution is 7.99. The van der Waals surface area contributed by atoms with E-state index in [1.54, 1.807) is 6.20 Å². The molecule has 0 atom stereocenters. The summed E-state index contributed by atoms with van der Waals surface area (Å²) in [5.74, 6) is 0.843. The number of aromatic nitrogens is 4. The van der Waals surface area contributed by atoms with Crippen molar-refractivity contribution >= 4 is 34.1 Å². The van der Waals surface area contributed by atoms with Crippen LogP contribution >= 0.6 is 23.1 Å². The molecule has 1 N–H and O–H groups in total. The summed E-state index contributed by atoms with van der Waals surface area (Å²) in [6, 6.07) is 18.1. The molecule has 0 bridgehead atoms. The zero-order chi connectivity index (χ0) is 20.2. The number of carbonyl (C=O) groups is 1. The molecule has 4 rings (SSSR count). The van der Waals surface area contributed by atoms with Crippen molar-refractivity contribution in [3.05, 3.63) is 71.2 Å². The Morgan fingerprint density at radius 1 is 1.07 bits per heavy atom. The topological polar surface area (TPSA) is 72.7 Å². The molecule has 0 spiro atoms.